The summed E-state index contributed by atoms with van der Waals surface area (Å²) in [7, 11) is 4.80. The van der Waals surface area contributed by atoms with E-state index in [1.807, 2.05) is 18.2 Å². The van der Waals surface area contributed by atoms with Gasteiger partial charge in [-0.25, -0.2) is 0 Å². The van der Waals surface area contributed by atoms with Gasteiger partial charge in [0.15, 0.2) is 0 Å². The quantitative estimate of drug-likeness (QED) is 0.763. The molecular weight excluding hydrogens is 336 g/mol. The topological polar surface area (TPSA) is 77.4 Å². The van der Waals surface area contributed by atoms with E-state index in [0.717, 1.165) is 17.7 Å². The Morgan fingerprint density at radius 1 is 1.08 bits per heavy atom. The second-order valence-corrected chi connectivity index (χ2v) is 7.49. The number of imide groups is 1. The lowest BCUT2D eigenvalue weighted by Gasteiger charge is -2.30. The van der Waals surface area contributed by atoms with Gasteiger partial charge in [0.25, 0.3) is 0 Å². The average molecular weight is 356 g/mol. The zero-order valence-electron chi connectivity index (χ0n) is 14.8. The van der Waals surface area contributed by atoms with Crippen molar-refractivity contribution >= 4 is 17.5 Å². The number of ether oxygens (including phenoxy) is 2. The maximum absolute atomic E-state index is 12.6. The fourth-order valence-electron chi connectivity index (χ4n) is 5.51. The summed E-state index contributed by atoms with van der Waals surface area (Å²) in [4.78, 5) is 32.2. The Kier molecular flexibility index (Phi) is 3.14. The molecule has 0 radical (unpaired) electrons. The number of methoxy groups -OCH3 is 2. The van der Waals surface area contributed by atoms with Crippen molar-refractivity contribution in [2.45, 2.75) is 12.5 Å². The Labute approximate surface area is 150 Å². The molecule has 4 aliphatic rings. The van der Waals surface area contributed by atoms with Gasteiger partial charge in [0.1, 0.15) is 17.6 Å². The summed E-state index contributed by atoms with van der Waals surface area (Å²) in [6.07, 6.45) is 0.708. The second kappa shape index (κ2) is 5.22. The third kappa shape index (κ3) is 1.75. The molecule has 2 aliphatic carbocycles. The lowest BCUT2D eigenvalue weighted by atomic mass is 9.71. The van der Waals surface area contributed by atoms with Crippen molar-refractivity contribution in [3.63, 3.8) is 0 Å². The number of benzene rings is 1. The highest BCUT2D eigenvalue weighted by molar-refractivity contribution is 6.09. The van der Waals surface area contributed by atoms with E-state index in [4.69, 9.17) is 14.3 Å². The number of hydrogen-bond acceptors (Lipinski definition) is 6. The molecule has 1 saturated heterocycles. The number of likely N-dealkylation sites (tertiary alicyclic amines) is 1. The lowest BCUT2D eigenvalue weighted by Crippen LogP contribution is -2.41. The van der Waals surface area contributed by atoms with Crippen LogP contribution >= 0.6 is 0 Å². The number of carbonyl (C=O) groups is 2. The van der Waals surface area contributed by atoms with Crippen LogP contribution in [0.15, 0.2) is 23.4 Å². The first-order valence-corrected chi connectivity index (χ1v) is 8.84. The molecule has 7 nitrogen and oxygen atoms in total. The van der Waals surface area contributed by atoms with Crippen molar-refractivity contribution in [1.82, 2.24) is 4.90 Å². The van der Waals surface area contributed by atoms with E-state index >= 15 is 0 Å². The molecule has 7 heteroatoms. The summed E-state index contributed by atoms with van der Waals surface area (Å²) in [5, 5.41) is 4.35. The van der Waals surface area contributed by atoms with Crippen molar-refractivity contribution < 1.29 is 23.9 Å². The van der Waals surface area contributed by atoms with Crippen molar-refractivity contribution in [2.24, 2.45) is 34.7 Å². The van der Waals surface area contributed by atoms with Gasteiger partial charge in [-0.15, -0.1) is 0 Å². The summed E-state index contributed by atoms with van der Waals surface area (Å²) in [5.41, 5.74) is 1.67. The smallest absolute Gasteiger partial charge is 0.233 e. The molecule has 2 saturated carbocycles. The van der Waals surface area contributed by atoms with Gasteiger partial charge in [0.05, 0.1) is 31.8 Å². The predicted octanol–water partition coefficient (Wildman–Crippen LogP) is 1.30. The van der Waals surface area contributed by atoms with Crippen LogP contribution in [-0.2, 0) is 14.4 Å². The highest BCUT2D eigenvalue weighted by Crippen LogP contribution is 2.61. The fourth-order valence-corrected chi connectivity index (χ4v) is 5.51. The molecule has 6 atom stereocenters. The number of amides is 2. The molecule has 0 aromatic heterocycles. The molecule has 2 aliphatic heterocycles. The minimum atomic E-state index is -0.244. The van der Waals surface area contributed by atoms with Crippen LogP contribution in [0.1, 0.15) is 12.0 Å². The van der Waals surface area contributed by atoms with Gasteiger partial charge in [-0.2, -0.15) is 0 Å². The van der Waals surface area contributed by atoms with E-state index in [0.29, 0.717) is 11.5 Å². The number of rotatable bonds is 3. The largest absolute Gasteiger partial charge is 0.497 e. The minimum Gasteiger partial charge on any atom is -0.497 e. The zero-order valence-corrected chi connectivity index (χ0v) is 14.8. The number of fused-ring (bicyclic) bond motifs is 8. The number of hydrogen-bond donors (Lipinski definition) is 0. The molecule has 2 amide bonds. The Bertz CT molecular complexity index is 850. The molecule has 26 heavy (non-hydrogen) atoms. The van der Waals surface area contributed by atoms with Gasteiger partial charge in [0.2, 0.25) is 11.8 Å². The van der Waals surface area contributed by atoms with Crippen molar-refractivity contribution in [3.8, 4) is 11.5 Å². The molecule has 2 heterocycles. The van der Waals surface area contributed by atoms with Gasteiger partial charge in [-0.1, -0.05) is 5.16 Å². The Morgan fingerprint density at radius 2 is 1.81 bits per heavy atom. The van der Waals surface area contributed by atoms with E-state index in [9.17, 15) is 9.59 Å². The van der Waals surface area contributed by atoms with Crippen molar-refractivity contribution in [3.05, 3.63) is 23.8 Å². The zero-order chi connectivity index (χ0) is 18.2. The van der Waals surface area contributed by atoms with Crippen LogP contribution in [0, 0.1) is 29.6 Å². The number of nitrogens with zero attached hydrogens (tertiary/aromatic N) is 2. The maximum Gasteiger partial charge on any atom is 0.233 e. The molecule has 1 aromatic rings. The molecule has 0 N–H and O–H groups in total. The molecule has 1 aromatic carbocycles. The first-order valence-electron chi connectivity index (χ1n) is 8.84. The van der Waals surface area contributed by atoms with E-state index in [1.165, 1.54) is 4.90 Å². The summed E-state index contributed by atoms with van der Waals surface area (Å²) in [5.74, 6) is 0.925. The van der Waals surface area contributed by atoms with Crippen LogP contribution in [0.5, 0.6) is 11.5 Å². The first kappa shape index (κ1) is 15.7. The fraction of sp³-hybridized carbons (Fsp3) is 0.526. The molecule has 136 valence electrons. The van der Waals surface area contributed by atoms with E-state index in [1.54, 1.807) is 21.3 Å². The van der Waals surface area contributed by atoms with Gasteiger partial charge >= 0.3 is 0 Å². The van der Waals surface area contributed by atoms with Crippen LogP contribution in [0.2, 0.25) is 0 Å². The summed E-state index contributed by atoms with van der Waals surface area (Å²) in [6, 6.07) is 5.60. The molecule has 0 spiro atoms. The van der Waals surface area contributed by atoms with Crippen LogP contribution in [0.4, 0.5) is 0 Å². The van der Waals surface area contributed by atoms with Crippen LogP contribution < -0.4 is 9.47 Å². The molecule has 5 rings (SSSR count). The molecular formula is C19H20N2O5. The first-order chi connectivity index (χ1) is 12.6. The Hall–Kier alpha value is -2.57. The standard InChI is InChI=1S/C19H20N2O5/c1-21-18(22)13-10-7-11(14(13)19(21)23)17-15(10)16(20-26-17)9-5-4-8(24-2)6-12(9)25-3/h4-6,10-11,13-15,17H,7H2,1-3H3/t10-,11+,13-,14+,15-,17-/m1/s1. The average Bonchev–Trinajstić information content (AvgIpc) is 3.39. The number of oxime groups is 1. The third-order valence-corrected chi connectivity index (χ3v) is 6.60. The summed E-state index contributed by atoms with van der Waals surface area (Å²) >= 11 is 0. The predicted molar refractivity (Wildman–Crippen MR) is 90.8 cm³/mol. The summed E-state index contributed by atoms with van der Waals surface area (Å²) < 4.78 is 10.8. The maximum atomic E-state index is 12.6. The van der Waals surface area contributed by atoms with Gasteiger partial charge in [-0.3, -0.25) is 14.5 Å². The van der Waals surface area contributed by atoms with E-state index in [2.05, 4.69) is 5.16 Å². The highest BCUT2D eigenvalue weighted by Gasteiger charge is 2.70. The Balaban J connectivity index is 1.53. The van der Waals surface area contributed by atoms with Gasteiger partial charge in [-0.05, 0) is 24.5 Å². The second-order valence-electron chi connectivity index (χ2n) is 7.49. The Morgan fingerprint density at radius 3 is 2.50 bits per heavy atom. The lowest BCUT2D eigenvalue weighted by molar-refractivity contribution is -0.139. The molecule has 0 unspecified atom stereocenters. The molecule has 2 bridgehead atoms. The van der Waals surface area contributed by atoms with Crippen LogP contribution in [0.25, 0.3) is 0 Å². The van der Waals surface area contributed by atoms with Gasteiger partial charge < -0.3 is 14.3 Å². The highest BCUT2D eigenvalue weighted by atomic mass is 16.6. The van der Waals surface area contributed by atoms with Crippen molar-refractivity contribution in [1.29, 1.82) is 0 Å². The van der Waals surface area contributed by atoms with E-state index in [-0.39, 0.29) is 47.5 Å². The SMILES string of the molecule is COc1ccc(C2=NO[C@@H]3[C@H]4C[C@H]([C@H]5C(=O)N(C)C(=O)[C@@H]45)[C@H]23)c(OC)c1. The third-order valence-electron chi connectivity index (χ3n) is 6.60. The summed E-state index contributed by atoms with van der Waals surface area (Å²) in [6.45, 7) is 0. The van der Waals surface area contributed by atoms with Gasteiger partial charge in [0, 0.05) is 30.5 Å². The minimum absolute atomic E-state index is 0.0202. The van der Waals surface area contributed by atoms with Crippen LogP contribution in [-0.4, -0.2) is 49.8 Å². The van der Waals surface area contributed by atoms with Crippen LogP contribution in [0.3, 0.4) is 0 Å². The van der Waals surface area contributed by atoms with Crippen molar-refractivity contribution in [2.75, 3.05) is 21.3 Å². The normalized spacial score (nSPS) is 36.7. The number of carbonyl (C=O) groups excluding carboxylic acids is 2. The van der Waals surface area contributed by atoms with E-state index < -0.39 is 0 Å². The molecule has 3 fully saturated rings. The monoisotopic (exact) mass is 356 g/mol.